The molecule has 4 rings (SSSR count). The van der Waals surface area contributed by atoms with Crippen LogP contribution in [-0.4, -0.2) is 54.9 Å². The minimum atomic E-state index is -0.274. The summed E-state index contributed by atoms with van der Waals surface area (Å²) in [4.78, 5) is 25.0. The fourth-order valence-electron chi connectivity index (χ4n) is 3.75. The molecule has 0 bridgehead atoms. The van der Waals surface area contributed by atoms with Crippen LogP contribution in [0.1, 0.15) is 47.7 Å². The van der Waals surface area contributed by atoms with Crippen LogP contribution in [0.5, 0.6) is 0 Å². The second-order valence-electron chi connectivity index (χ2n) is 7.75. The van der Waals surface area contributed by atoms with Gasteiger partial charge < -0.3 is 19.7 Å². The number of nitrogens with one attached hydrogen (secondary N) is 2. The molecular weight excluding hydrogens is 376 g/mol. The zero-order valence-electron chi connectivity index (χ0n) is 16.8. The number of nitrogens with zero attached hydrogens (tertiary/aromatic N) is 2. The fourth-order valence-corrected chi connectivity index (χ4v) is 4.84. The SMILES string of the molecule is CCOC(=O)c1sc2nc(C[NH+]3CCOCC3)nc(N[C@@H](C)C3CC3)c2c1C. The predicted octanol–water partition coefficient (Wildman–Crippen LogP) is 1.80. The van der Waals surface area contributed by atoms with E-state index in [9.17, 15) is 4.79 Å². The van der Waals surface area contributed by atoms with Crippen LogP contribution in [0.4, 0.5) is 5.82 Å². The average Bonchev–Trinajstić information content (AvgIpc) is 3.47. The van der Waals surface area contributed by atoms with Crippen molar-refractivity contribution in [3.8, 4) is 0 Å². The lowest BCUT2D eigenvalue weighted by Gasteiger charge is -2.23. The molecule has 1 aliphatic heterocycles. The van der Waals surface area contributed by atoms with E-state index in [2.05, 4.69) is 12.2 Å². The van der Waals surface area contributed by atoms with Gasteiger partial charge in [-0.1, -0.05) is 0 Å². The Labute approximate surface area is 169 Å². The normalized spacial score (nSPS) is 19.0. The minimum absolute atomic E-state index is 0.274. The molecule has 0 amide bonds. The number of carbonyl (C=O) groups is 1. The monoisotopic (exact) mass is 405 g/mol. The molecule has 0 unspecified atom stereocenters. The quantitative estimate of drug-likeness (QED) is 0.684. The van der Waals surface area contributed by atoms with Crippen LogP contribution in [0, 0.1) is 12.8 Å². The van der Waals surface area contributed by atoms with Crippen LogP contribution in [-0.2, 0) is 16.0 Å². The Morgan fingerprint density at radius 3 is 2.79 bits per heavy atom. The summed E-state index contributed by atoms with van der Waals surface area (Å²) in [6.45, 7) is 10.7. The first-order chi connectivity index (χ1) is 13.6. The van der Waals surface area contributed by atoms with Gasteiger partial charge in [0.1, 0.15) is 35.2 Å². The van der Waals surface area contributed by atoms with Crippen LogP contribution in [0.15, 0.2) is 0 Å². The standard InChI is InChI=1S/C20H28N4O3S/c1-4-27-20(25)17-12(2)16-18(21-13(3)14-5-6-14)22-15(23-19(16)28-17)11-24-7-9-26-10-8-24/h13-14H,4-11H2,1-3H3,(H,21,22,23)/p+1/t13-/m0/s1. The number of fused-ring (bicyclic) bond motifs is 1. The van der Waals surface area contributed by atoms with Crippen molar-refractivity contribution in [2.24, 2.45) is 5.92 Å². The van der Waals surface area contributed by atoms with Gasteiger partial charge in [-0.25, -0.2) is 14.8 Å². The summed E-state index contributed by atoms with van der Waals surface area (Å²) in [6, 6.07) is 0.368. The first-order valence-electron chi connectivity index (χ1n) is 10.2. The van der Waals surface area contributed by atoms with E-state index < -0.39 is 0 Å². The molecule has 1 atom stereocenters. The Bertz CT molecular complexity index is 859. The molecule has 0 aromatic carbocycles. The van der Waals surface area contributed by atoms with Gasteiger partial charge in [-0.2, -0.15) is 0 Å². The highest BCUT2D eigenvalue weighted by Gasteiger charge is 2.30. The van der Waals surface area contributed by atoms with Crippen molar-refractivity contribution in [2.45, 2.75) is 46.2 Å². The van der Waals surface area contributed by atoms with Crippen molar-refractivity contribution in [1.29, 1.82) is 0 Å². The first-order valence-corrected chi connectivity index (χ1v) is 11.0. The van der Waals surface area contributed by atoms with Gasteiger partial charge in [0, 0.05) is 6.04 Å². The van der Waals surface area contributed by atoms with Gasteiger partial charge in [-0.05, 0) is 45.1 Å². The molecule has 1 aliphatic carbocycles. The molecule has 8 heteroatoms. The molecular formula is C20H29N4O3S+. The number of carbonyl (C=O) groups excluding carboxylic acids is 1. The number of quaternary nitrogens is 1. The van der Waals surface area contributed by atoms with E-state index in [0.29, 0.717) is 23.4 Å². The maximum absolute atomic E-state index is 12.4. The second-order valence-corrected chi connectivity index (χ2v) is 8.75. The Morgan fingerprint density at radius 2 is 2.11 bits per heavy atom. The molecule has 1 saturated heterocycles. The van der Waals surface area contributed by atoms with Gasteiger partial charge in [-0.15, -0.1) is 11.3 Å². The van der Waals surface area contributed by atoms with E-state index >= 15 is 0 Å². The van der Waals surface area contributed by atoms with Gasteiger partial charge in [0.25, 0.3) is 0 Å². The van der Waals surface area contributed by atoms with E-state index in [-0.39, 0.29) is 5.97 Å². The molecule has 152 valence electrons. The molecule has 2 fully saturated rings. The molecule has 7 nitrogen and oxygen atoms in total. The highest BCUT2D eigenvalue weighted by Crippen LogP contribution is 2.38. The molecule has 1 saturated carbocycles. The van der Waals surface area contributed by atoms with Crippen LogP contribution in [0.3, 0.4) is 0 Å². The van der Waals surface area contributed by atoms with Gasteiger partial charge in [0.15, 0.2) is 5.82 Å². The van der Waals surface area contributed by atoms with E-state index in [4.69, 9.17) is 19.4 Å². The summed E-state index contributed by atoms with van der Waals surface area (Å²) in [5.74, 6) is 2.12. The molecule has 28 heavy (non-hydrogen) atoms. The number of hydrogen-bond acceptors (Lipinski definition) is 7. The Hall–Kier alpha value is -1.77. The zero-order valence-corrected chi connectivity index (χ0v) is 17.7. The maximum atomic E-state index is 12.4. The predicted molar refractivity (Wildman–Crippen MR) is 109 cm³/mol. The lowest BCUT2D eigenvalue weighted by atomic mass is 10.1. The van der Waals surface area contributed by atoms with Crippen LogP contribution >= 0.6 is 11.3 Å². The number of aromatic nitrogens is 2. The fraction of sp³-hybridized carbons (Fsp3) is 0.650. The number of anilines is 1. The van der Waals surface area contributed by atoms with Gasteiger partial charge >= 0.3 is 5.97 Å². The van der Waals surface area contributed by atoms with Crippen molar-refractivity contribution in [2.75, 3.05) is 38.2 Å². The number of esters is 1. The Kier molecular flexibility index (Phi) is 5.80. The van der Waals surface area contributed by atoms with Gasteiger partial charge in [-0.3, -0.25) is 0 Å². The highest BCUT2D eigenvalue weighted by atomic mass is 32.1. The topological polar surface area (TPSA) is 77.8 Å². The highest BCUT2D eigenvalue weighted by molar-refractivity contribution is 7.20. The van der Waals surface area contributed by atoms with Crippen molar-refractivity contribution >= 4 is 33.3 Å². The lowest BCUT2D eigenvalue weighted by molar-refractivity contribution is -0.922. The molecule has 2 aromatic rings. The van der Waals surface area contributed by atoms with E-state index in [1.807, 2.05) is 13.8 Å². The minimum Gasteiger partial charge on any atom is -0.462 e. The summed E-state index contributed by atoms with van der Waals surface area (Å²) < 4.78 is 10.7. The largest absolute Gasteiger partial charge is 0.462 e. The number of rotatable bonds is 7. The third-order valence-corrected chi connectivity index (χ3v) is 6.76. The Balaban J connectivity index is 1.70. The third kappa shape index (κ3) is 4.14. The van der Waals surface area contributed by atoms with Crippen molar-refractivity contribution < 1.29 is 19.2 Å². The summed E-state index contributed by atoms with van der Waals surface area (Å²) in [7, 11) is 0. The molecule has 2 N–H and O–H groups in total. The zero-order chi connectivity index (χ0) is 19.7. The summed E-state index contributed by atoms with van der Waals surface area (Å²) in [6.07, 6.45) is 2.54. The van der Waals surface area contributed by atoms with E-state index in [1.165, 1.54) is 29.1 Å². The maximum Gasteiger partial charge on any atom is 0.348 e. The number of thiophene rings is 1. The smallest absolute Gasteiger partial charge is 0.348 e. The van der Waals surface area contributed by atoms with Gasteiger partial charge in [0.2, 0.25) is 0 Å². The van der Waals surface area contributed by atoms with Crippen LogP contribution in [0.25, 0.3) is 10.2 Å². The molecule has 0 radical (unpaired) electrons. The number of hydrogen-bond donors (Lipinski definition) is 2. The van der Waals surface area contributed by atoms with Crippen molar-refractivity contribution in [3.05, 3.63) is 16.3 Å². The lowest BCUT2D eigenvalue weighted by Crippen LogP contribution is -3.12. The Morgan fingerprint density at radius 1 is 1.36 bits per heavy atom. The van der Waals surface area contributed by atoms with E-state index in [1.54, 1.807) is 0 Å². The van der Waals surface area contributed by atoms with Crippen LogP contribution in [0.2, 0.25) is 0 Å². The third-order valence-electron chi connectivity index (χ3n) is 5.60. The summed E-state index contributed by atoms with van der Waals surface area (Å²) in [5, 5.41) is 4.58. The van der Waals surface area contributed by atoms with Crippen molar-refractivity contribution in [3.63, 3.8) is 0 Å². The molecule has 0 spiro atoms. The molecule has 2 aliphatic rings. The van der Waals surface area contributed by atoms with E-state index in [0.717, 1.165) is 60.3 Å². The van der Waals surface area contributed by atoms with Crippen molar-refractivity contribution in [1.82, 2.24) is 9.97 Å². The number of ether oxygens (including phenoxy) is 2. The summed E-state index contributed by atoms with van der Waals surface area (Å²) >= 11 is 1.41. The molecule has 2 aromatic heterocycles. The second kappa shape index (κ2) is 8.31. The average molecular weight is 406 g/mol. The number of morpholine rings is 1. The summed E-state index contributed by atoms with van der Waals surface area (Å²) in [5.41, 5.74) is 0.911. The first kappa shape index (κ1) is 19.5. The molecule has 3 heterocycles. The van der Waals surface area contributed by atoms with Crippen LogP contribution < -0.4 is 10.2 Å². The van der Waals surface area contributed by atoms with Gasteiger partial charge in [0.05, 0.1) is 25.2 Å². The number of aryl methyl sites for hydroxylation is 1.